The second-order valence-electron chi connectivity index (χ2n) is 16.6. The molecule has 5 heterocycles. The van der Waals surface area contributed by atoms with E-state index >= 15 is 0 Å². The number of methoxy groups -OCH3 is 1. The van der Waals surface area contributed by atoms with Crippen LogP contribution in [0.3, 0.4) is 0 Å². The summed E-state index contributed by atoms with van der Waals surface area (Å²) in [6, 6.07) is 14.6. The van der Waals surface area contributed by atoms with Crippen molar-refractivity contribution in [3.8, 4) is 33.6 Å². The molecule has 4 fully saturated rings. The quantitative estimate of drug-likeness (QED) is 0.146. The van der Waals surface area contributed by atoms with Crippen LogP contribution >= 0.6 is 0 Å². The molecule has 0 unspecified atom stereocenters. The Balaban J connectivity index is 0.937. The van der Waals surface area contributed by atoms with Crippen molar-refractivity contribution in [2.45, 2.75) is 76.2 Å². The third kappa shape index (κ3) is 7.90. The number of hydrogen-bond acceptors (Lipinski definition) is 9. The van der Waals surface area contributed by atoms with Crippen LogP contribution < -0.4 is 5.32 Å². The van der Waals surface area contributed by atoms with E-state index in [9.17, 15) is 24.3 Å². The summed E-state index contributed by atoms with van der Waals surface area (Å²) in [5, 5.41) is 16.0. The van der Waals surface area contributed by atoms with Gasteiger partial charge in [-0.2, -0.15) is 0 Å². The van der Waals surface area contributed by atoms with Crippen molar-refractivity contribution in [2.75, 3.05) is 41.0 Å². The van der Waals surface area contributed by atoms with Crippen molar-refractivity contribution < 1.29 is 33.8 Å². The standard InChI is InChI=1S/C43H53N9O7/c1-24(2)37(50(4)43(56)57)41(54)52-33(14-17-49(52)3)38-44-22-31(46-38)27-10-6-25(7-11-27)26-8-12-28(13-9-26)32-23-45-39(47-32)35-21-30-20-34(30)51(35)40(53)36(48-42(55)58-5)29-15-18-59-19-16-29/h6-13,22-24,29-30,33-37H,14-21H2,1-5H3,(H,44,46)(H,45,47)(H,48,55)(H,56,57)/t30-,33+,34-,35+,36+,37+/m1/s1. The van der Waals surface area contributed by atoms with Gasteiger partial charge in [-0.1, -0.05) is 62.4 Å². The Labute approximate surface area is 343 Å². The third-order valence-corrected chi connectivity index (χ3v) is 12.6. The number of piperidine rings is 1. The van der Waals surface area contributed by atoms with E-state index < -0.39 is 24.3 Å². The number of imidazole rings is 2. The molecule has 59 heavy (non-hydrogen) atoms. The summed E-state index contributed by atoms with van der Waals surface area (Å²) in [6.45, 7) is 5.46. The summed E-state index contributed by atoms with van der Waals surface area (Å²) in [6.07, 6.45) is 5.70. The van der Waals surface area contributed by atoms with Gasteiger partial charge in [0.2, 0.25) is 5.91 Å². The highest BCUT2D eigenvalue weighted by Crippen LogP contribution is 2.53. The fourth-order valence-electron chi connectivity index (χ4n) is 9.29. The first-order valence-electron chi connectivity index (χ1n) is 20.5. The number of hydrogen-bond donors (Lipinski definition) is 4. The minimum absolute atomic E-state index is 0.0252. The van der Waals surface area contributed by atoms with Gasteiger partial charge in [0.1, 0.15) is 29.8 Å². The van der Waals surface area contributed by atoms with Crippen LogP contribution in [0.1, 0.15) is 69.7 Å². The molecule has 3 saturated heterocycles. The number of carboxylic acid groups (broad SMARTS) is 1. The zero-order valence-corrected chi connectivity index (χ0v) is 34.1. The lowest BCUT2D eigenvalue weighted by atomic mass is 9.90. The molecule has 0 radical (unpaired) electrons. The first kappa shape index (κ1) is 40.1. The monoisotopic (exact) mass is 807 g/mol. The number of H-pyrrole nitrogens is 2. The fourth-order valence-corrected chi connectivity index (χ4v) is 9.29. The molecule has 1 saturated carbocycles. The number of benzene rings is 2. The van der Waals surface area contributed by atoms with Crippen LogP contribution in [-0.4, -0.2) is 128 Å². The maximum absolute atomic E-state index is 14.2. The lowest BCUT2D eigenvalue weighted by molar-refractivity contribution is -0.152. The number of alkyl carbamates (subject to hydrolysis) is 1. The molecular formula is C43H53N9O7. The number of amides is 4. The Morgan fingerprint density at radius 1 is 0.847 bits per heavy atom. The van der Waals surface area contributed by atoms with E-state index in [1.54, 1.807) is 11.2 Å². The molecule has 4 aromatic rings. The molecule has 16 nitrogen and oxygen atoms in total. The predicted octanol–water partition coefficient (Wildman–Crippen LogP) is 5.70. The number of likely N-dealkylation sites (N-methyl/N-ethyl adjacent to an activating group) is 1. The zero-order chi connectivity index (χ0) is 41.5. The first-order valence-corrected chi connectivity index (χ1v) is 20.5. The van der Waals surface area contributed by atoms with Crippen molar-refractivity contribution in [3.05, 3.63) is 72.6 Å². The van der Waals surface area contributed by atoms with E-state index in [0.29, 0.717) is 50.8 Å². The summed E-state index contributed by atoms with van der Waals surface area (Å²) in [5.41, 5.74) is 5.69. The van der Waals surface area contributed by atoms with Crippen LogP contribution in [-0.2, 0) is 19.1 Å². The van der Waals surface area contributed by atoms with Gasteiger partial charge in [0.05, 0.1) is 36.9 Å². The maximum Gasteiger partial charge on any atom is 0.407 e. The van der Waals surface area contributed by atoms with Crippen molar-refractivity contribution in [1.29, 1.82) is 0 Å². The number of ether oxygens (including phenoxy) is 2. The highest BCUT2D eigenvalue weighted by atomic mass is 16.5. The minimum Gasteiger partial charge on any atom is -0.465 e. The molecule has 16 heteroatoms. The molecule has 312 valence electrons. The van der Waals surface area contributed by atoms with E-state index in [1.165, 1.54) is 14.2 Å². The van der Waals surface area contributed by atoms with Gasteiger partial charge in [0.25, 0.3) is 5.91 Å². The summed E-state index contributed by atoms with van der Waals surface area (Å²) in [7, 11) is 4.59. The van der Waals surface area contributed by atoms with Crippen LogP contribution in [0.2, 0.25) is 0 Å². The largest absolute Gasteiger partial charge is 0.465 e. The summed E-state index contributed by atoms with van der Waals surface area (Å²) >= 11 is 0. The number of carbonyl (C=O) groups is 4. The Kier molecular flexibility index (Phi) is 11.2. The number of likely N-dealkylation sites (tertiary alicyclic amines) is 1. The van der Waals surface area contributed by atoms with Crippen LogP contribution in [0, 0.1) is 17.8 Å². The van der Waals surface area contributed by atoms with Gasteiger partial charge < -0.3 is 34.8 Å². The smallest absolute Gasteiger partial charge is 0.407 e. The Bertz CT molecular complexity index is 2160. The lowest BCUT2D eigenvalue weighted by Crippen LogP contribution is -2.54. The molecular weight excluding hydrogens is 755 g/mol. The van der Waals surface area contributed by atoms with E-state index in [4.69, 9.17) is 14.5 Å². The number of nitrogens with one attached hydrogen (secondary N) is 3. The normalized spacial score (nSPS) is 22.9. The van der Waals surface area contributed by atoms with Crippen molar-refractivity contribution >= 4 is 24.0 Å². The van der Waals surface area contributed by atoms with Gasteiger partial charge in [0.15, 0.2) is 0 Å². The van der Waals surface area contributed by atoms with Gasteiger partial charge >= 0.3 is 12.2 Å². The van der Waals surface area contributed by atoms with Crippen molar-refractivity contribution in [2.24, 2.45) is 17.8 Å². The van der Waals surface area contributed by atoms with E-state index in [0.717, 1.165) is 57.2 Å². The molecule has 8 rings (SSSR count). The molecule has 1 aliphatic carbocycles. The second-order valence-corrected chi connectivity index (χ2v) is 16.6. The fraction of sp³-hybridized carbons (Fsp3) is 0.488. The maximum atomic E-state index is 14.2. The number of nitrogens with zero attached hydrogens (tertiary/aromatic N) is 6. The molecule has 6 atom stereocenters. The molecule has 4 N–H and O–H groups in total. The Morgan fingerprint density at radius 3 is 1.95 bits per heavy atom. The molecule has 4 amide bonds. The summed E-state index contributed by atoms with van der Waals surface area (Å²) < 4.78 is 10.4. The number of fused-ring (bicyclic) bond motifs is 1. The van der Waals surface area contributed by atoms with Gasteiger partial charge in [-0.3, -0.25) is 19.5 Å². The van der Waals surface area contributed by atoms with Crippen LogP contribution in [0.25, 0.3) is 33.6 Å². The topological polar surface area (TPSA) is 189 Å². The van der Waals surface area contributed by atoms with Crippen LogP contribution in [0.5, 0.6) is 0 Å². The molecule has 3 aliphatic heterocycles. The molecule has 0 bridgehead atoms. The number of aromatic nitrogens is 4. The average Bonchev–Trinajstić information content (AvgIpc) is 3.72. The number of aromatic amines is 2. The highest BCUT2D eigenvalue weighted by Gasteiger charge is 2.56. The van der Waals surface area contributed by atoms with Crippen LogP contribution in [0.4, 0.5) is 9.59 Å². The predicted molar refractivity (Wildman–Crippen MR) is 217 cm³/mol. The SMILES string of the molecule is COC(=O)N[C@H](C(=O)N1[C@@H]2C[C@@H]2C[C@H]1c1ncc(-c2ccc(-c3ccc(-c4cnc([C@@H]5CCN(C)N5C(=O)[C@H](C(C)C)N(C)C(=O)O)[nH]4)cc3)cc2)[nH]1)C1CCOCC1. The van der Waals surface area contributed by atoms with Crippen LogP contribution in [0.15, 0.2) is 60.9 Å². The highest BCUT2D eigenvalue weighted by molar-refractivity contribution is 5.87. The summed E-state index contributed by atoms with van der Waals surface area (Å²) in [5.74, 6) is 1.24. The number of carbonyl (C=O) groups excluding carboxylic acids is 3. The average molecular weight is 808 g/mol. The van der Waals surface area contributed by atoms with Gasteiger partial charge in [-0.25, -0.2) is 24.6 Å². The third-order valence-electron chi connectivity index (χ3n) is 12.6. The summed E-state index contributed by atoms with van der Waals surface area (Å²) in [4.78, 5) is 71.5. The minimum atomic E-state index is -1.15. The molecule has 4 aliphatic rings. The van der Waals surface area contributed by atoms with E-state index in [-0.39, 0.29) is 41.8 Å². The van der Waals surface area contributed by atoms with Gasteiger partial charge in [-0.15, -0.1) is 0 Å². The molecule has 2 aromatic heterocycles. The molecule has 2 aromatic carbocycles. The molecule has 0 spiro atoms. The van der Waals surface area contributed by atoms with Crippen molar-refractivity contribution in [1.82, 2.24) is 45.1 Å². The zero-order valence-electron chi connectivity index (χ0n) is 34.1. The Morgan fingerprint density at radius 2 is 1.41 bits per heavy atom. The lowest BCUT2D eigenvalue weighted by Gasteiger charge is -2.36. The second kappa shape index (κ2) is 16.5. The van der Waals surface area contributed by atoms with E-state index in [2.05, 4.69) is 56.7 Å². The van der Waals surface area contributed by atoms with Gasteiger partial charge in [0, 0.05) is 39.9 Å². The number of rotatable bonds is 11. The number of hydrazine groups is 1. The van der Waals surface area contributed by atoms with Crippen molar-refractivity contribution in [3.63, 3.8) is 0 Å². The Hall–Kier alpha value is -5.74. The van der Waals surface area contributed by atoms with E-state index in [1.807, 2.05) is 49.1 Å². The first-order chi connectivity index (χ1) is 28.4. The van der Waals surface area contributed by atoms with Gasteiger partial charge in [-0.05, 0) is 72.1 Å².